The molecule has 7 heteroatoms. The predicted octanol–water partition coefficient (Wildman–Crippen LogP) is 5.11. The average molecular weight is 447 g/mol. The number of hydrogen-bond donors (Lipinski definition) is 3. The van der Waals surface area contributed by atoms with Gasteiger partial charge < -0.3 is 15.4 Å². The molecular weight excluding hydrogens is 420 g/mol. The van der Waals surface area contributed by atoms with Crippen LogP contribution in [0.4, 0.5) is 11.4 Å². The summed E-state index contributed by atoms with van der Waals surface area (Å²) in [5.74, 6) is 0.634. The van der Waals surface area contributed by atoms with Gasteiger partial charge in [-0.3, -0.25) is 10.2 Å². The van der Waals surface area contributed by atoms with E-state index in [0.717, 1.165) is 34.7 Å². The van der Waals surface area contributed by atoms with E-state index in [2.05, 4.69) is 40.2 Å². The van der Waals surface area contributed by atoms with Crippen LogP contribution in [-0.2, 0) is 17.8 Å². The quantitative estimate of drug-likeness (QED) is 0.255. The summed E-state index contributed by atoms with van der Waals surface area (Å²) in [5.41, 5.74) is 7.72. The molecule has 0 saturated carbocycles. The van der Waals surface area contributed by atoms with E-state index in [-0.39, 0.29) is 5.91 Å². The number of rotatable bonds is 8. The van der Waals surface area contributed by atoms with Crippen LogP contribution in [0.5, 0.6) is 5.75 Å². The van der Waals surface area contributed by atoms with Crippen LogP contribution in [-0.4, -0.2) is 17.2 Å². The van der Waals surface area contributed by atoms with E-state index in [4.69, 9.17) is 17.0 Å². The second-order valence-corrected chi connectivity index (χ2v) is 7.47. The summed E-state index contributed by atoms with van der Waals surface area (Å²) < 4.78 is 5.95. The molecule has 0 aliphatic heterocycles. The maximum absolute atomic E-state index is 11.1. The van der Waals surface area contributed by atoms with Crippen molar-refractivity contribution in [1.29, 1.82) is 0 Å². The number of amides is 1. The van der Waals surface area contributed by atoms with Gasteiger partial charge in [0.25, 0.3) is 0 Å². The zero-order valence-corrected chi connectivity index (χ0v) is 18.9. The maximum atomic E-state index is 11.1. The molecule has 0 atom stereocenters. The van der Waals surface area contributed by atoms with Crippen LogP contribution >= 0.6 is 12.2 Å². The zero-order chi connectivity index (χ0) is 22.8. The van der Waals surface area contributed by atoms with Gasteiger partial charge in [0.15, 0.2) is 5.11 Å². The molecule has 3 aromatic carbocycles. The molecule has 0 saturated heterocycles. The Kier molecular flexibility index (Phi) is 8.34. The molecule has 3 aromatic rings. The number of carbonyl (C=O) groups is 1. The molecule has 0 aliphatic rings. The number of hydrazone groups is 1. The van der Waals surface area contributed by atoms with Crippen LogP contribution in [0.1, 0.15) is 30.5 Å². The number of nitrogens with one attached hydrogen (secondary N) is 3. The standard InChI is InChI=1S/C25H26N4O2S/c1-3-20-10-9-19(16-26-29-25(32)28-22-7-5-4-6-8-22)15-21(20)17-31-24-13-11-23(12-14-24)27-18(2)30/h4-16H,3,17H2,1-2H3,(H,27,30)(H2,28,29,32)/b26-16-. The van der Waals surface area contributed by atoms with E-state index in [0.29, 0.717) is 11.7 Å². The van der Waals surface area contributed by atoms with Crippen molar-refractivity contribution < 1.29 is 9.53 Å². The van der Waals surface area contributed by atoms with Crippen LogP contribution < -0.4 is 20.8 Å². The highest BCUT2D eigenvalue weighted by atomic mass is 32.1. The molecule has 0 unspecified atom stereocenters. The van der Waals surface area contributed by atoms with Gasteiger partial charge in [0.05, 0.1) is 6.21 Å². The molecule has 0 spiro atoms. The molecule has 0 heterocycles. The van der Waals surface area contributed by atoms with E-state index >= 15 is 0 Å². The van der Waals surface area contributed by atoms with Crippen LogP contribution in [0.15, 0.2) is 77.9 Å². The molecule has 0 aromatic heterocycles. The van der Waals surface area contributed by atoms with Gasteiger partial charge >= 0.3 is 0 Å². The molecular formula is C25H26N4O2S. The van der Waals surface area contributed by atoms with E-state index in [1.807, 2.05) is 60.7 Å². The molecule has 0 bridgehead atoms. The van der Waals surface area contributed by atoms with Crippen molar-refractivity contribution in [3.8, 4) is 5.75 Å². The second-order valence-electron chi connectivity index (χ2n) is 7.07. The summed E-state index contributed by atoms with van der Waals surface area (Å²) >= 11 is 5.27. The van der Waals surface area contributed by atoms with Gasteiger partial charge in [-0.15, -0.1) is 0 Å². The molecule has 3 rings (SSSR count). The lowest BCUT2D eigenvalue weighted by molar-refractivity contribution is -0.114. The minimum absolute atomic E-state index is 0.101. The van der Waals surface area contributed by atoms with E-state index in [1.54, 1.807) is 6.21 Å². The summed E-state index contributed by atoms with van der Waals surface area (Å²) in [5, 5.41) is 10.5. The largest absolute Gasteiger partial charge is 0.489 e. The van der Waals surface area contributed by atoms with E-state index in [9.17, 15) is 4.79 Å². The highest BCUT2D eigenvalue weighted by Gasteiger charge is 2.05. The van der Waals surface area contributed by atoms with Gasteiger partial charge in [-0.05, 0) is 77.8 Å². The molecule has 32 heavy (non-hydrogen) atoms. The fourth-order valence-electron chi connectivity index (χ4n) is 3.05. The molecule has 0 radical (unpaired) electrons. The average Bonchev–Trinajstić information content (AvgIpc) is 2.79. The van der Waals surface area contributed by atoms with Crippen molar-refractivity contribution >= 4 is 40.8 Å². The number of thiocarbonyl (C=S) groups is 1. The van der Waals surface area contributed by atoms with Gasteiger partial charge in [-0.1, -0.05) is 37.3 Å². The number of para-hydroxylation sites is 1. The van der Waals surface area contributed by atoms with Crippen molar-refractivity contribution in [2.45, 2.75) is 26.9 Å². The van der Waals surface area contributed by atoms with E-state index < -0.39 is 0 Å². The van der Waals surface area contributed by atoms with Crippen molar-refractivity contribution in [1.82, 2.24) is 5.43 Å². The van der Waals surface area contributed by atoms with Gasteiger partial charge in [-0.2, -0.15) is 5.10 Å². The van der Waals surface area contributed by atoms with Gasteiger partial charge in [0.2, 0.25) is 5.91 Å². The topological polar surface area (TPSA) is 74.8 Å². The Bertz CT molecular complexity index is 1080. The highest BCUT2D eigenvalue weighted by molar-refractivity contribution is 7.80. The normalized spacial score (nSPS) is 10.6. The Hall–Kier alpha value is -3.71. The summed E-state index contributed by atoms with van der Waals surface area (Å²) in [7, 11) is 0. The number of ether oxygens (including phenoxy) is 1. The second kappa shape index (κ2) is 11.6. The summed E-state index contributed by atoms with van der Waals surface area (Å²) in [6, 6.07) is 23.2. The Morgan fingerprint density at radius 3 is 2.38 bits per heavy atom. The fourth-order valence-corrected chi connectivity index (χ4v) is 3.22. The zero-order valence-electron chi connectivity index (χ0n) is 18.1. The first-order valence-corrected chi connectivity index (χ1v) is 10.7. The lowest BCUT2D eigenvalue weighted by Crippen LogP contribution is -2.23. The number of hydrogen-bond acceptors (Lipinski definition) is 4. The first-order valence-electron chi connectivity index (χ1n) is 10.3. The molecule has 0 aliphatic carbocycles. The summed E-state index contributed by atoms with van der Waals surface area (Å²) in [4.78, 5) is 11.1. The first kappa shape index (κ1) is 23.0. The van der Waals surface area contributed by atoms with Gasteiger partial charge in [0.1, 0.15) is 12.4 Å². The predicted molar refractivity (Wildman–Crippen MR) is 134 cm³/mol. The number of anilines is 2. The van der Waals surface area contributed by atoms with Crippen LogP contribution in [0.2, 0.25) is 0 Å². The number of aryl methyl sites for hydroxylation is 1. The minimum atomic E-state index is -0.101. The molecule has 6 nitrogen and oxygen atoms in total. The number of nitrogens with zero attached hydrogens (tertiary/aromatic N) is 1. The highest BCUT2D eigenvalue weighted by Crippen LogP contribution is 2.19. The van der Waals surface area contributed by atoms with Crippen molar-refractivity contribution in [3.05, 3.63) is 89.5 Å². The molecule has 164 valence electrons. The van der Waals surface area contributed by atoms with E-state index in [1.165, 1.54) is 12.5 Å². The smallest absolute Gasteiger partial charge is 0.221 e. The van der Waals surface area contributed by atoms with Crippen LogP contribution in [0.25, 0.3) is 0 Å². The summed E-state index contributed by atoms with van der Waals surface area (Å²) in [6.07, 6.45) is 2.63. The number of carbonyl (C=O) groups excluding carboxylic acids is 1. The van der Waals surface area contributed by atoms with Crippen LogP contribution in [0.3, 0.4) is 0 Å². The summed E-state index contributed by atoms with van der Waals surface area (Å²) in [6.45, 7) is 4.03. The third kappa shape index (κ3) is 7.21. The Balaban J connectivity index is 1.59. The minimum Gasteiger partial charge on any atom is -0.489 e. The lowest BCUT2D eigenvalue weighted by Gasteiger charge is -2.12. The Morgan fingerprint density at radius 2 is 1.69 bits per heavy atom. The molecule has 3 N–H and O–H groups in total. The molecule has 1 amide bonds. The van der Waals surface area contributed by atoms with Gasteiger partial charge in [0, 0.05) is 18.3 Å². The Morgan fingerprint density at radius 1 is 0.969 bits per heavy atom. The van der Waals surface area contributed by atoms with Crippen molar-refractivity contribution in [2.75, 3.05) is 10.6 Å². The molecule has 0 fully saturated rings. The van der Waals surface area contributed by atoms with Crippen molar-refractivity contribution in [3.63, 3.8) is 0 Å². The van der Waals surface area contributed by atoms with Gasteiger partial charge in [-0.25, -0.2) is 0 Å². The fraction of sp³-hybridized carbons (Fsp3) is 0.160. The number of benzene rings is 3. The van der Waals surface area contributed by atoms with Crippen LogP contribution in [0, 0.1) is 0 Å². The van der Waals surface area contributed by atoms with Crippen molar-refractivity contribution in [2.24, 2.45) is 5.10 Å². The maximum Gasteiger partial charge on any atom is 0.221 e. The lowest BCUT2D eigenvalue weighted by atomic mass is 10.0. The first-order chi connectivity index (χ1) is 15.5. The monoisotopic (exact) mass is 446 g/mol. The third-order valence-electron chi connectivity index (χ3n) is 4.59. The Labute approximate surface area is 193 Å². The SMILES string of the molecule is CCc1ccc(/C=N\NC(=S)Nc2ccccc2)cc1COc1ccc(NC(C)=O)cc1. The third-order valence-corrected chi connectivity index (χ3v) is 4.78.